The van der Waals surface area contributed by atoms with Crippen LogP contribution in [-0.4, -0.2) is 6.54 Å². The van der Waals surface area contributed by atoms with E-state index in [1.165, 1.54) is 31.4 Å². The molecule has 0 aliphatic heterocycles. The van der Waals surface area contributed by atoms with Gasteiger partial charge < -0.3 is 5.32 Å². The van der Waals surface area contributed by atoms with Gasteiger partial charge in [-0.2, -0.15) is 0 Å². The SMILES string of the molecule is CCCCCCNc1ccccc1.Cl.Cl.Cl. The quantitative estimate of drug-likeness (QED) is 0.730. The first-order valence-electron chi connectivity index (χ1n) is 5.22. The van der Waals surface area contributed by atoms with Crippen LogP contribution in [0.2, 0.25) is 0 Å². The van der Waals surface area contributed by atoms with E-state index in [-0.39, 0.29) is 37.2 Å². The number of hydrogen-bond acceptors (Lipinski definition) is 1. The fourth-order valence-electron chi connectivity index (χ4n) is 1.34. The molecule has 0 heterocycles. The van der Waals surface area contributed by atoms with Crippen molar-refractivity contribution in [1.29, 1.82) is 0 Å². The van der Waals surface area contributed by atoms with E-state index in [2.05, 4.69) is 36.5 Å². The molecule has 96 valence electrons. The van der Waals surface area contributed by atoms with Gasteiger partial charge in [-0.1, -0.05) is 44.4 Å². The first-order valence-corrected chi connectivity index (χ1v) is 5.22. The maximum atomic E-state index is 3.40. The third kappa shape index (κ3) is 10.4. The van der Waals surface area contributed by atoms with Gasteiger partial charge in [0, 0.05) is 12.2 Å². The molecule has 1 nitrogen and oxygen atoms in total. The zero-order valence-corrected chi connectivity index (χ0v) is 12.1. The Hall–Kier alpha value is -0.110. The molecule has 0 aliphatic rings. The molecule has 1 N–H and O–H groups in total. The molecule has 1 aromatic carbocycles. The Labute approximate surface area is 118 Å². The Morgan fingerprint density at radius 3 is 2.06 bits per heavy atom. The molecule has 0 aliphatic carbocycles. The van der Waals surface area contributed by atoms with Crippen molar-refractivity contribution in [3.05, 3.63) is 30.3 Å². The van der Waals surface area contributed by atoms with E-state index in [4.69, 9.17) is 0 Å². The highest BCUT2D eigenvalue weighted by atomic mass is 35.5. The highest BCUT2D eigenvalue weighted by Crippen LogP contribution is 2.05. The fraction of sp³-hybridized carbons (Fsp3) is 0.500. The van der Waals surface area contributed by atoms with Crippen LogP contribution in [0.25, 0.3) is 0 Å². The van der Waals surface area contributed by atoms with Gasteiger partial charge in [0.05, 0.1) is 0 Å². The van der Waals surface area contributed by atoms with Gasteiger partial charge in [0.1, 0.15) is 0 Å². The highest BCUT2D eigenvalue weighted by molar-refractivity contribution is 5.86. The van der Waals surface area contributed by atoms with Crippen LogP contribution in [0.3, 0.4) is 0 Å². The Morgan fingerprint density at radius 2 is 1.50 bits per heavy atom. The van der Waals surface area contributed by atoms with E-state index in [0.717, 1.165) is 6.54 Å². The third-order valence-electron chi connectivity index (χ3n) is 2.13. The molecule has 0 spiro atoms. The van der Waals surface area contributed by atoms with Crippen LogP contribution in [0, 0.1) is 0 Å². The molecule has 0 aromatic heterocycles. The molecular formula is C12H22Cl3N. The van der Waals surface area contributed by atoms with E-state index < -0.39 is 0 Å². The van der Waals surface area contributed by atoms with Crippen molar-refractivity contribution in [2.24, 2.45) is 0 Å². The number of hydrogen-bond donors (Lipinski definition) is 1. The summed E-state index contributed by atoms with van der Waals surface area (Å²) in [6.45, 7) is 3.34. The lowest BCUT2D eigenvalue weighted by Crippen LogP contribution is -2.00. The summed E-state index contributed by atoms with van der Waals surface area (Å²) in [5, 5.41) is 3.40. The summed E-state index contributed by atoms with van der Waals surface area (Å²) in [4.78, 5) is 0. The van der Waals surface area contributed by atoms with Crippen molar-refractivity contribution < 1.29 is 0 Å². The molecular weight excluding hydrogens is 264 g/mol. The van der Waals surface area contributed by atoms with Crippen LogP contribution >= 0.6 is 37.2 Å². The fourth-order valence-corrected chi connectivity index (χ4v) is 1.34. The van der Waals surface area contributed by atoms with Gasteiger partial charge in [-0.05, 0) is 18.6 Å². The summed E-state index contributed by atoms with van der Waals surface area (Å²) >= 11 is 0. The Kier molecular flexibility index (Phi) is 19.7. The summed E-state index contributed by atoms with van der Waals surface area (Å²) in [5.74, 6) is 0. The van der Waals surface area contributed by atoms with Crippen molar-refractivity contribution in [2.45, 2.75) is 32.6 Å². The summed E-state index contributed by atoms with van der Waals surface area (Å²) in [6, 6.07) is 10.4. The van der Waals surface area contributed by atoms with E-state index >= 15 is 0 Å². The van der Waals surface area contributed by atoms with Crippen molar-refractivity contribution in [2.75, 3.05) is 11.9 Å². The lowest BCUT2D eigenvalue weighted by molar-refractivity contribution is 0.685. The first-order chi connectivity index (χ1) is 6.43. The lowest BCUT2D eigenvalue weighted by Gasteiger charge is -2.04. The van der Waals surface area contributed by atoms with Crippen LogP contribution in [0.1, 0.15) is 32.6 Å². The number of unbranched alkanes of at least 4 members (excludes halogenated alkanes) is 3. The van der Waals surface area contributed by atoms with E-state index in [1.54, 1.807) is 0 Å². The molecule has 16 heavy (non-hydrogen) atoms. The summed E-state index contributed by atoms with van der Waals surface area (Å²) < 4.78 is 0. The number of para-hydroxylation sites is 1. The predicted octanol–water partition coefficient (Wildman–Crippen LogP) is 4.94. The van der Waals surface area contributed by atoms with Gasteiger partial charge in [0.2, 0.25) is 0 Å². The minimum Gasteiger partial charge on any atom is -0.385 e. The second kappa shape index (κ2) is 14.9. The first kappa shape index (κ1) is 21.2. The van der Waals surface area contributed by atoms with Gasteiger partial charge in [0.15, 0.2) is 0 Å². The Bertz CT molecular complexity index is 217. The summed E-state index contributed by atoms with van der Waals surface area (Å²) in [6.07, 6.45) is 5.29. The average Bonchev–Trinajstić information content (AvgIpc) is 2.19. The molecule has 0 radical (unpaired) electrons. The van der Waals surface area contributed by atoms with Crippen LogP contribution in [0.5, 0.6) is 0 Å². The van der Waals surface area contributed by atoms with Gasteiger partial charge in [-0.3, -0.25) is 0 Å². The van der Waals surface area contributed by atoms with Crippen molar-refractivity contribution >= 4 is 42.9 Å². The zero-order chi connectivity index (χ0) is 9.36. The molecule has 0 unspecified atom stereocenters. The van der Waals surface area contributed by atoms with Gasteiger partial charge in [-0.15, -0.1) is 37.2 Å². The molecule has 0 fully saturated rings. The average molecular weight is 287 g/mol. The van der Waals surface area contributed by atoms with Crippen molar-refractivity contribution in [3.63, 3.8) is 0 Å². The molecule has 4 heteroatoms. The Morgan fingerprint density at radius 1 is 0.875 bits per heavy atom. The highest BCUT2D eigenvalue weighted by Gasteiger charge is 1.89. The number of anilines is 1. The van der Waals surface area contributed by atoms with Crippen LogP contribution in [-0.2, 0) is 0 Å². The van der Waals surface area contributed by atoms with E-state index in [9.17, 15) is 0 Å². The number of benzene rings is 1. The standard InChI is InChI=1S/C12H19N.3ClH/c1-2-3-4-8-11-13-12-9-6-5-7-10-12;;;/h5-7,9-10,13H,2-4,8,11H2,1H3;3*1H. The van der Waals surface area contributed by atoms with Crippen LogP contribution in [0.4, 0.5) is 5.69 Å². The Balaban J connectivity index is -0.000000563. The van der Waals surface area contributed by atoms with Gasteiger partial charge in [0.25, 0.3) is 0 Å². The molecule has 0 atom stereocenters. The molecule has 0 saturated heterocycles. The van der Waals surface area contributed by atoms with Crippen molar-refractivity contribution in [3.8, 4) is 0 Å². The largest absolute Gasteiger partial charge is 0.385 e. The molecule has 0 saturated carbocycles. The van der Waals surface area contributed by atoms with Gasteiger partial charge >= 0.3 is 0 Å². The molecule has 0 amide bonds. The predicted molar refractivity (Wildman–Crippen MR) is 80.8 cm³/mol. The van der Waals surface area contributed by atoms with Crippen molar-refractivity contribution in [1.82, 2.24) is 0 Å². The smallest absolute Gasteiger partial charge is 0.0340 e. The van der Waals surface area contributed by atoms with Crippen LogP contribution in [0.15, 0.2) is 30.3 Å². The van der Waals surface area contributed by atoms with Gasteiger partial charge in [-0.25, -0.2) is 0 Å². The maximum absolute atomic E-state index is 3.40. The zero-order valence-electron chi connectivity index (χ0n) is 9.65. The third-order valence-corrected chi connectivity index (χ3v) is 2.13. The number of nitrogens with one attached hydrogen (secondary N) is 1. The minimum atomic E-state index is 0. The minimum absolute atomic E-state index is 0. The second-order valence-corrected chi connectivity index (χ2v) is 3.35. The monoisotopic (exact) mass is 285 g/mol. The molecule has 1 rings (SSSR count). The topological polar surface area (TPSA) is 12.0 Å². The summed E-state index contributed by atoms with van der Waals surface area (Å²) in [7, 11) is 0. The van der Waals surface area contributed by atoms with Crippen LogP contribution < -0.4 is 5.32 Å². The maximum Gasteiger partial charge on any atom is 0.0340 e. The molecule has 1 aromatic rings. The molecule has 0 bridgehead atoms. The summed E-state index contributed by atoms with van der Waals surface area (Å²) in [5.41, 5.74) is 1.24. The normalized spacial score (nSPS) is 8.06. The second-order valence-electron chi connectivity index (χ2n) is 3.35. The van der Waals surface area contributed by atoms with E-state index in [1.807, 2.05) is 6.07 Å². The number of rotatable bonds is 6. The van der Waals surface area contributed by atoms with E-state index in [0.29, 0.717) is 0 Å². The number of halogens is 3. The lowest BCUT2D eigenvalue weighted by atomic mass is 10.2.